The minimum atomic E-state index is -0.500. The van der Waals surface area contributed by atoms with Crippen molar-refractivity contribution in [3.63, 3.8) is 0 Å². The minimum absolute atomic E-state index is 0.0265. The van der Waals surface area contributed by atoms with Gasteiger partial charge in [-0.15, -0.1) is 11.3 Å². The molecule has 0 spiro atoms. The molecule has 0 N–H and O–H groups in total. The van der Waals surface area contributed by atoms with Crippen LogP contribution in [0.15, 0.2) is 23.6 Å². The lowest BCUT2D eigenvalue weighted by atomic mass is 10.0. The number of hydrogen-bond acceptors (Lipinski definition) is 6. The molecule has 0 saturated carbocycles. The quantitative estimate of drug-likeness (QED) is 0.724. The van der Waals surface area contributed by atoms with Crippen molar-refractivity contribution in [1.29, 1.82) is 0 Å². The normalized spacial score (nSPS) is 19.2. The second kappa shape index (κ2) is 7.03. The Kier molecular flexibility index (Phi) is 4.72. The van der Waals surface area contributed by atoms with Crippen LogP contribution in [0, 0.1) is 0 Å². The molecule has 1 aromatic heterocycles. The maximum Gasteiger partial charge on any atom is 0.410 e. The summed E-state index contributed by atoms with van der Waals surface area (Å²) >= 11 is 1.59. The second-order valence-electron chi connectivity index (χ2n) is 7.82. The number of hydrogen-bond donors (Lipinski definition) is 0. The molecule has 0 radical (unpaired) electrons. The summed E-state index contributed by atoms with van der Waals surface area (Å²) in [5, 5.41) is 2.99. The van der Waals surface area contributed by atoms with Crippen LogP contribution in [0.3, 0.4) is 0 Å². The highest BCUT2D eigenvalue weighted by Crippen LogP contribution is 2.38. The molecule has 1 aromatic carbocycles. The molecule has 2 aromatic rings. The molecule has 0 bridgehead atoms. The van der Waals surface area contributed by atoms with Crippen LogP contribution in [0.1, 0.15) is 51.1 Å². The van der Waals surface area contributed by atoms with Crippen molar-refractivity contribution in [2.45, 2.75) is 51.7 Å². The first-order valence-corrected chi connectivity index (χ1v) is 10.1. The third kappa shape index (κ3) is 3.88. The third-order valence-corrected chi connectivity index (χ3v) is 5.55. The molecule has 1 saturated heterocycles. The van der Waals surface area contributed by atoms with Gasteiger partial charge in [0.2, 0.25) is 6.79 Å². The van der Waals surface area contributed by atoms with Crippen LogP contribution in [-0.2, 0) is 4.74 Å². The largest absolute Gasteiger partial charge is 0.454 e. The van der Waals surface area contributed by atoms with Gasteiger partial charge in [-0.05, 0) is 58.2 Å². The van der Waals surface area contributed by atoms with E-state index in [4.69, 9.17) is 19.2 Å². The Labute approximate surface area is 163 Å². The van der Waals surface area contributed by atoms with Crippen LogP contribution in [0.4, 0.5) is 4.79 Å². The van der Waals surface area contributed by atoms with Gasteiger partial charge in [-0.1, -0.05) is 0 Å². The fraction of sp³-hybridized carbons (Fsp3) is 0.500. The predicted molar refractivity (Wildman–Crippen MR) is 103 cm³/mol. The Morgan fingerprint density at radius 2 is 2.07 bits per heavy atom. The molecule has 144 valence electrons. The molecule has 2 aliphatic heterocycles. The lowest BCUT2D eigenvalue weighted by molar-refractivity contribution is 0.00949. The molecule has 4 rings (SSSR count). The molecule has 7 heteroatoms. The maximum absolute atomic E-state index is 12.7. The number of rotatable bonds is 2. The number of carbonyl (C=O) groups excluding carboxylic acids is 1. The van der Waals surface area contributed by atoms with Gasteiger partial charge in [0.05, 0.1) is 11.7 Å². The van der Waals surface area contributed by atoms with E-state index in [1.807, 2.05) is 49.3 Å². The van der Waals surface area contributed by atoms with E-state index in [-0.39, 0.29) is 18.9 Å². The van der Waals surface area contributed by atoms with Crippen LogP contribution in [0.25, 0.3) is 11.3 Å². The van der Waals surface area contributed by atoms with E-state index < -0.39 is 5.60 Å². The molecule has 0 aliphatic carbocycles. The Morgan fingerprint density at radius 1 is 1.26 bits per heavy atom. The molecule has 3 heterocycles. The molecule has 1 atom stereocenters. The van der Waals surface area contributed by atoms with Gasteiger partial charge in [-0.2, -0.15) is 0 Å². The van der Waals surface area contributed by atoms with E-state index in [9.17, 15) is 4.79 Å². The lowest BCUT2D eigenvalue weighted by Crippen LogP contribution is -2.41. The van der Waals surface area contributed by atoms with Crippen molar-refractivity contribution in [3.05, 3.63) is 28.6 Å². The number of thiazole rings is 1. The zero-order valence-corrected chi connectivity index (χ0v) is 16.7. The van der Waals surface area contributed by atoms with Gasteiger partial charge >= 0.3 is 6.09 Å². The highest BCUT2D eigenvalue weighted by molar-refractivity contribution is 7.10. The Morgan fingerprint density at radius 3 is 2.89 bits per heavy atom. The number of benzene rings is 1. The Hall–Kier alpha value is -2.28. The first-order valence-electron chi connectivity index (χ1n) is 9.26. The number of ether oxygens (including phenoxy) is 3. The molecule has 1 amide bonds. The van der Waals surface area contributed by atoms with Gasteiger partial charge in [-0.3, -0.25) is 4.90 Å². The number of likely N-dealkylation sites (tertiary alicyclic amines) is 1. The Bertz CT molecular complexity index is 843. The van der Waals surface area contributed by atoms with E-state index in [2.05, 4.69) is 0 Å². The van der Waals surface area contributed by atoms with Crippen LogP contribution in [0.2, 0.25) is 0 Å². The molecule has 6 nitrogen and oxygen atoms in total. The van der Waals surface area contributed by atoms with E-state index in [0.29, 0.717) is 6.54 Å². The summed E-state index contributed by atoms with van der Waals surface area (Å²) in [7, 11) is 0. The van der Waals surface area contributed by atoms with E-state index in [0.717, 1.165) is 47.0 Å². The number of nitrogens with zero attached hydrogens (tertiary/aromatic N) is 2. The van der Waals surface area contributed by atoms with Gasteiger partial charge in [0.15, 0.2) is 11.5 Å². The van der Waals surface area contributed by atoms with Gasteiger partial charge < -0.3 is 14.2 Å². The topological polar surface area (TPSA) is 60.9 Å². The zero-order chi connectivity index (χ0) is 19.0. The Balaban J connectivity index is 1.56. The van der Waals surface area contributed by atoms with E-state index in [1.54, 1.807) is 11.3 Å². The summed E-state index contributed by atoms with van der Waals surface area (Å²) in [4.78, 5) is 19.3. The number of piperidine rings is 1. The summed E-state index contributed by atoms with van der Waals surface area (Å²) < 4.78 is 16.4. The highest BCUT2D eigenvalue weighted by atomic mass is 32.1. The van der Waals surface area contributed by atoms with Crippen LogP contribution in [0.5, 0.6) is 11.5 Å². The van der Waals surface area contributed by atoms with E-state index >= 15 is 0 Å². The standard InChI is InChI=1S/C20H24N2O4S/c1-20(2,3)26-19(23)22-9-5-4-6-15(22)18-21-14(11-27-18)13-7-8-16-17(10-13)25-12-24-16/h7-8,10-11,15H,4-6,9,12H2,1-3H3. The monoisotopic (exact) mass is 388 g/mol. The van der Waals surface area contributed by atoms with E-state index in [1.165, 1.54) is 0 Å². The molecule has 2 aliphatic rings. The summed E-state index contributed by atoms with van der Waals surface area (Å²) in [6.45, 7) is 6.65. The average molecular weight is 388 g/mol. The van der Waals surface area contributed by atoms with Gasteiger partial charge in [0, 0.05) is 17.5 Å². The highest BCUT2D eigenvalue weighted by Gasteiger charge is 2.33. The minimum Gasteiger partial charge on any atom is -0.454 e. The number of carbonyl (C=O) groups is 1. The molecule has 27 heavy (non-hydrogen) atoms. The zero-order valence-electron chi connectivity index (χ0n) is 15.9. The fourth-order valence-corrected chi connectivity index (χ4v) is 4.33. The average Bonchev–Trinajstić information content (AvgIpc) is 3.29. The summed E-state index contributed by atoms with van der Waals surface area (Å²) in [5.74, 6) is 1.51. The van der Waals surface area contributed by atoms with Crippen molar-refractivity contribution >= 4 is 17.4 Å². The molecular formula is C20H24N2O4S. The number of amides is 1. The van der Waals surface area contributed by atoms with Crippen molar-refractivity contribution in [3.8, 4) is 22.8 Å². The summed E-state index contributed by atoms with van der Waals surface area (Å²) in [6, 6.07) is 5.82. The third-order valence-electron chi connectivity index (χ3n) is 4.61. The summed E-state index contributed by atoms with van der Waals surface area (Å²) in [6.07, 6.45) is 2.74. The van der Waals surface area contributed by atoms with Gasteiger partial charge in [0.1, 0.15) is 10.6 Å². The summed E-state index contributed by atoms with van der Waals surface area (Å²) in [5.41, 5.74) is 1.38. The van der Waals surface area contributed by atoms with Crippen molar-refractivity contribution in [1.82, 2.24) is 9.88 Å². The van der Waals surface area contributed by atoms with Crippen LogP contribution in [-0.4, -0.2) is 34.9 Å². The smallest absolute Gasteiger partial charge is 0.410 e. The van der Waals surface area contributed by atoms with Crippen LogP contribution < -0.4 is 9.47 Å². The number of fused-ring (bicyclic) bond motifs is 1. The van der Waals surface area contributed by atoms with Crippen molar-refractivity contribution < 1.29 is 19.0 Å². The molecular weight excluding hydrogens is 364 g/mol. The first kappa shape index (κ1) is 18.1. The predicted octanol–water partition coefficient (Wildman–Crippen LogP) is 5.00. The molecule has 1 unspecified atom stereocenters. The number of aromatic nitrogens is 1. The van der Waals surface area contributed by atoms with Crippen molar-refractivity contribution in [2.75, 3.05) is 13.3 Å². The lowest BCUT2D eigenvalue weighted by Gasteiger charge is -2.35. The molecule has 1 fully saturated rings. The fourth-order valence-electron chi connectivity index (χ4n) is 3.36. The SMILES string of the molecule is CC(C)(C)OC(=O)N1CCCCC1c1nc(-c2ccc3c(c2)OCO3)cs1. The second-order valence-corrected chi connectivity index (χ2v) is 8.71. The van der Waals surface area contributed by atoms with Gasteiger partial charge in [-0.25, -0.2) is 9.78 Å². The van der Waals surface area contributed by atoms with Crippen LogP contribution >= 0.6 is 11.3 Å². The maximum atomic E-state index is 12.7. The first-order chi connectivity index (χ1) is 12.9. The van der Waals surface area contributed by atoms with Gasteiger partial charge in [0.25, 0.3) is 0 Å². The van der Waals surface area contributed by atoms with Crippen molar-refractivity contribution in [2.24, 2.45) is 0 Å².